The molecule has 2 heterocycles. The standard InChI is InChI=1S/C17H24O2/c1-12(2)9-13-3-5-14(6-4-13)17(18)10-15-7-8-16(11-17)19-15/h3-6,12,15-16,18H,7-11H2,1-2H3. The van der Waals surface area contributed by atoms with Crippen LogP contribution in [-0.4, -0.2) is 17.3 Å². The highest BCUT2D eigenvalue weighted by Gasteiger charge is 2.44. The van der Waals surface area contributed by atoms with Gasteiger partial charge in [-0.05, 0) is 36.3 Å². The van der Waals surface area contributed by atoms with E-state index in [0.29, 0.717) is 5.92 Å². The van der Waals surface area contributed by atoms with Crippen molar-refractivity contribution in [2.45, 2.75) is 63.8 Å². The molecule has 0 radical (unpaired) electrons. The summed E-state index contributed by atoms with van der Waals surface area (Å²) < 4.78 is 5.83. The van der Waals surface area contributed by atoms with Crippen molar-refractivity contribution in [1.29, 1.82) is 0 Å². The van der Waals surface area contributed by atoms with Gasteiger partial charge in [0.25, 0.3) is 0 Å². The Morgan fingerprint density at radius 2 is 1.74 bits per heavy atom. The van der Waals surface area contributed by atoms with Crippen LogP contribution >= 0.6 is 0 Å². The molecule has 2 saturated heterocycles. The SMILES string of the molecule is CC(C)Cc1ccc(C2(O)CC3CCC(C2)O3)cc1. The van der Waals surface area contributed by atoms with E-state index in [4.69, 9.17) is 4.74 Å². The number of rotatable bonds is 3. The van der Waals surface area contributed by atoms with Crippen LogP contribution in [0.25, 0.3) is 0 Å². The summed E-state index contributed by atoms with van der Waals surface area (Å²) in [5, 5.41) is 10.9. The molecule has 0 spiro atoms. The van der Waals surface area contributed by atoms with Crippen molar-refractivity contribution in [3.63, 3.8) is 0 Å². The van der Waals surface area contributed by atoms with Crippen molar-refractivity contribution >= 4 is 0 Å². The predicted octanol–water partition coefficient (Wildman–Crippen LogP) is 3.41. The van der Waals surface area contributed by atoms with Crippen LogP contribution in [0.2, 0.25) is 0 Å². The lowest BCUT2D eigenvalue weighted by molar-refractivity contribution is -0.115. The Labute approximate surface area is 115 Å². The number of fused-ring (bicyclic) bond motifs is 2. The molecule has 2 unspecified atom stereocenters. The van der Waals surface area contributed by atoms with E-state index < -0.39 is 5.60 Å². The molecule has 1 N–H and O–H groups in total. The maximum atomic E-state index is 10.9. The van der Waals surface area contributed by atoms with E-state index in [1.807, 2.05) is 0 Å². The molecule has 1 aromatic carbocycles. The Morgan fingerprint density at radius 3 is 2.26 bits per heavy atom. The van der Waals surface area contributed by atoms with Gasteiger partial charge >= 0.3 is 0 Å². The minimum Gasteiger partial charge on any atom is -0.385 e. The highest BCUT2D eigenvalue weighted by atomic mass is 16.5. The van der Waals surface area contributed by atoms with E-state index in [9.17, 15) is 5.11 Å². The Morgan fingerprint density at radius 1 is 1.16 bits per heavy atom. The summed E-state index contributed by atoms with van der Waals surface area (Å²) in [6, 6.07) is 8.57. The topological polar surface area (TPSA) is 29.5 Å². The molecule has 104 valence electrons. The lowest BCUT2D eigenvalue weighted by Crippen LogP contribution is -2.38. The van der Waals surface area contributed by atoms with Crippen molar-refractivity contribution in [2.24, 2.45) is 5.92 Å². The van der Waals surface area contributed by atoms with Crippen molar-refractivity contribution in [2.75, 3.05) is 0 Å². The lowest BCUT2D eigenvalue weighted by atomic mass is 9.83. The van der Waals surface area contributed by atoms with Gasteiger partial charge in [0.05, 0.1) is 17.8 Å². The van der Waals surface area contributed by atoms with E-state index in [2.05, 4.69) is 38.1 Å². The number of ether oxygens (including phenoxy) is 1. The molecule has 0 aliphatic carbocycles. The number of aliphatic hydroxyl groups is 1. The molecule has 2 nitrogen and oxygen atoms in total. The maximum Gasteiger partial charge on any atom is 0.0945 e. The second-order valence-electron chi connectivity index (χ2n) is 6.69. The molecule has 2 aliphatic heterocycles. The third-order valence-electron chi connectivity index (χ3n) is 4.46. The largest absolute Gasteiger partial charge is 0.385 e. The number of hydrogen-bond acceptors (Lipinski definition) is 2. The zero-order valence-corrected chi connectivity index (χ0v) is 11.9. The summed E-state index contributed by atoms with van der Waals surface area (Å²) in [6.07, 6.45) is 5.36. The second kappa shape index (κ2) is 4.92. The molecule has 1 aromatic rings. The summed E-state index contributed by atoms with van der Waals surface area (Å²) in [7, 11) is 0. The minimum atomic E-state index is -0.666. The van der Waals surface area contributed by atoms with Gasteiger partial charge in [-0.3, -0.25) is 0 Å². The van der Waals surface area contributed by atoms with Crippen LogP contribution in [0.3, 0.4) is 0 Å². The van der Waals surface area contributed by atoms with Crippen LogP contribution in [0.1, 0.15) is 50.7 Å². The first-order valence-electron chi connectivity index (χ1n) is 7.52. The molecule has 2 atom stereocenters. The minimum absolute atomic E-state index is 0.263. The van der Waals surface area contributed by atoms with E-state index in [1.165, 1.54) is 5.56 Å². The lowest BCUT2D eigenvalue weighted by Gasteiger charge is -2.37. The van der Waals surface area contributed by atoms with Crippen LogP contribution in [0.15, 0.2) is 24.3 Å². The molecule has 19 heavy (non-hydrogen) atoms. The third-order valence-corrected chi connectivity index (χ3v) is 4.46. The van der Waals surface area contributed by atoms with E-state index in [0.717, 1.165) is 37.7 Å². The van der Waals surface area contributed by atoms with Crippen molar-refractivity contribution < 1.29 is 9.84 Å². The third kappa shape index (κ3) is 2.70. The first kappa shape index (κ1) is 13.1. The van der Waals surface area contributed by atoms with Gasteiger partial charge in [-0.1, -0.05) is 38.1 Å². The molecular formula is C17H24O2. The molecule has 0 amide bonds. The monoisotopic (exact) mass is 260 g/mol. The van der Waals surface area contributed by atoms with Gasteiger partial charge < -0.3 is 9.84 Å². The molecular weight excluding hydrogens is 236 g/mol. The summed E-state index contributed by atoms with van der Waals surface area (Å²) in [5.41, 5.74) is 1.76. The smallest absolute Gasteiger partial charge is 0.0945 e. The molecule has 0 aromatic heterocycles. The van der Waals surface area contributed by atoms with Crippen molar-refractivity contribution in [3.8, 4) is 0 Å². The van der Waals surface area contributed by atoms with Crippen molar-refractivity contribution in [3.05, 3.63) is 35.4 Å². The quantitative estimate of drug-likeness (QED) is 0.902. The Kier molecular flexibility index (Phi) is 3.40. The fourth-order valence-corrected chi connectivity index (χ4v) is 3.58. The zero-order chi connectivity index (χ0) is 13.5. The maximum absolute atomic E-state index is 10.9. The predicted molar refractivity (Wildman–Crippen MR) is 76.0 cm³/mol. The van der Waals surface area contributed by atoms with Gasteiger partial charge in [-0.15, -0.1) is 0 Å². The zero-order valence-electron chi connectivity index (χ0n) is 11.9. The summed E-state index contributed by atoms with van der Waals surface area (Å²) in [5.74, 6) is 0.674. The van der Waals surface area contributed by atoms with Gasteiger partial charge in [0, 0.05) is 12.8 Å². The fraction of sp³-hybridized carbons (Fsp3) is 0.647. The van der Waals surface area contributed by atoms with E-state index >= 15 is 0 Å². The molecule has 2 bridgehead atoms. The Balaban J connectivity index is 1.78. The van der Waals surface area contributed by atoms with E-state index in [1.54, 1.807) is 0 Å². The van der Waals surface area contributed by atoms with Gasteiger partial charge in [0.2, 0.25) is 0 Å². The fourth-order valence-electron chi connectivity index (χ4n) is 3.58. The second-order valence-corrected chi connectivity index (χ2v) is 6.69. The summed E-state index contributed by atoms with van der Waals surface area (Å²) in [4.78, 5) is 0. The van der Waals surface area contributed by atoms with Crippen LogP contribution in [0.4, 0.5) is 0 Å². The van der Waals surface area contributed by atoms with Crippen LogP contribution in [0.5, 0.6) is 0 Å². The van der Waals surface area contributed by atoms with Crippen molar-refractivity contribution in [1.82, 2.24) is 0 Å². The van der Waals surface area contributed by atoms with Gasteiger partial charge in [-0.2, -0.15) is 0 Å². The highest BCUT2D eigenvalue weighted by Crippen LogP contribution is 2.43. The molecule has 2 heteroatoms. The number of benzene rings is 1. The van der Waals surface area contributed by atoms with Gasteiger partial charge in [-0.25, -0.2) is 0 Å². The first-order chi connectivity index (χ1) is 9.05. The average Bonchev–Trinajstić information content (AvgIpc) is 2.69. The highest BCUT2D eigenvalue weighted by molar-refractivity contribution is 5.28. The van der Waals surface area contributed by atoms with Crippen LogP contribution < -0.4 is 0 Å². The van der Waals surface area contributed by atoms with Crippen LogP contribution in [-0.2, 0) is 16.8 Å². The van der Waals surface area contributed by atoms with Gasteiger partial charge in [0.1, 0.15) is 0 Å². The molecule has 2 aliphatic rings. The van der Waals surface area contributed by atoms with Crippen LogP contribution in [0, 0.1) is 5.92 Å². The van der Waals surface area contributed by atoms with E-state index in [-0.39, 0.29) is 12.2 Å². The summed E-state index contributed by atoms with van der Waals surface area (Å²) >= 11 is 0. The van der Waals surface area contributed by atoms with Gasteiger partial charge in [0.15, 0.2) is 0 Å². The Bertz CT molecular complexity index is 423. The molecule has 2 fully saturated rings. The summed E-state index contributed by atoms with van der Waals surface area (Å²) in [6.45, 7) is 4.47. The molecule has 3 rings (SSSR count). The normalized spacial score (nSPS) is 33.9. The average molecular weight is 260 g/mol. The Hall–Kier alpha value is -0.860. The first-order valence-corrected chi connectivity index (χ1v) is 7.52. The molecule has 0 saturated carbocycles. The number of hydrogen-bond donors (Lipinski definition) is 1.